The monoisotopic (exact) mass is 266 g/mol. The molecule has 0 radical (unpaired) electrons. The Hall–Kier alpha value is -1.01. The number of benzene rings is 1. The summed E-state index contributed by atoms with van der Waals surface area (Å²) in [7, 11) is 0. The summed E-state index contributed by atoms with van der Waals surface area (Å²) in [6, 6.07) is 9.26. The van der Waals surface area contributed by atoms with E-state index in [0.717, 1.165) is 16.9 Å². The van der Waals surface area contributed by atoms with Gasteiger partial charge in [0.05, 0.1) is 24.3 Å². The molecule has 0 bridgehead atoms. The molecule has 96 valence electrons. The Morgan fingerprint density at radius 1 is 1.28 bits per heavy atom. The molecule has 1 aromatic rings. The molecule has 1 saturated heterocycles. The predicted octanol–water partition coefficient (Wildman–Crippen LogP) is 2.31. The van der Waals surface area contributed by atoms with Crippen LogP contribution in [0.4, 0.5) is 0 Å². The maximum atomic E-state index is 9.80. The Balaban J connectivity index is 1.54. The number of aliphatic hydroxyl groups is 1. The lowest BCUT2D eigenvalue weighted by molar-refractivity contribution is -0.0770. The maximum absolute atomic E-state index is 9.80. The van der Waals surface area contributed by atoms with Crippen LogP contribution in [0.5, 0.6) is 5.75 Å². The van der Waals surface area contributed by atoms with Gasteiger partial charge in [0.2, 0.25) is 0 Å². The zero-order valence-corrected chi connectivity index (χ0v) is 10.7. The van der Waals surface area contributed by atoms with Gasteiger partial charge in [0.1, 0.15) is 6.10 Å². The molecular formula is C13H14O4S. The molecule has 3 rings (SSSR count). The van der Waals surface area contributed by atoms with Gasteiger partial charge in [-0.2, -0.15) is 0 Å². The van der Waals surface area contributed by atoms with Gasteiger partial charge < -0.3 is 14.7 Å². The lowest BCUT2D eigenvalue weighted by Gasteiger charge is -2.18. The first-order valence-corrected chi connectivity index (χ1v) is 6.61. The van der Waals surface area contributed by atoms with Crippen molar-refractivity contribution in [2.75, 3.05) is 0 Å². The van der Waals surface area contributed by atoms with Crippen LogP contribution in [0, 0.1) is 5.92 Å². The first kappa shape index (κ1) is 12.0. The van der Waals surface area contributed by atoms with Crippen LogP contribution in [0.1, 0.15) is 6.92 Å². The molecule has 1 aromatic carbocycles. The fraction of sp³-hybridized carbons (Fsp3) is 0.385. The Morgan fingerprint density at radius 3 is 2.83 bits per heavy atom. The lowest BCUT2D eigenvalue weighted by Crippen LogP contribution is -2.26. The summed E-state index contributed by atoms with van der Waals surface area (Å²) in [5.41, 5.74) is 0. The molecule has 4 atom stereocenters. The Bertz CT molecular complexity index is 448. The van der Waals surface area contributed by atoms with Crippen LogP contribution in [0.3, 0.4) is 0 Å². The third kappa shape index (κ3) is 2.40. The minimum atomic E-state index is -0.475. The molecule has 0 aromatic heterocycles. The minimum Gasteiger partial charge on any atom is -0.389 e. The van der Waals surface area contributed by atoms with Gasteiger partial charge in [0, 0.05) is 10.8 Å². The molecule has 1 aliphatic heterocycles. The lowest BCUT2D eigenvalue weighted by atomic mass is 9.93. The molecule has 2 aliphatic rings. The highest BCUT2D eigenvalue weighted by atomic mass is 32.2. The van der Waals surface area contributed by atoms with Crippen LogP contribution in [-0.4, -0.2) is 23.4 Å². The van der Waals surface area contributed by atoms with Crippen LogP contribution >= 0.6 is 12.0 Å². The molecule has 0 amide bonds. The van der Waals surface area contributed by atoms with Gasteiger partial charge in [-0.15, -0.1) is 4.33 Å². The second-order valence-electron chi connectivity index (χ2n) is 4.49. The second kappa shape index (κ2) is 4.93. The van der Waals surface area contributed by atoms with Crippen molar-refractivity contribution in [3.8, 4) is 5.75 Å². The number of hydrogen-bond donors (Lipinski definition) is 1. The molecule has 5 heteroatoms. The number of ether oxygens (including phenoxy) is 1. The SMILES string of the molecule is C[C@H]1[C@H]2O[C@H]2C(SOOc2ccccc2)=C[C@H]1O. The summed E-state index contributed by atoms with van der Waals surface area (Å²) in [6.45, 7) is 1.98. The summed E-state index contributed by atoms with van der Waals surface area (Å²) >= 11 is 1.10. The van der Waals surface area contributed by atoms with E-state index in [4.69, 9.17) is 14.0 Å². The van der Waals surface area contributed by atoms with Gasteiger partial charge in [-0.1, -0.05) is 25.1 Å². The molecule has 0 saturated carbocycles. The third-order valence-electron chi connectivity index (χ3n) is 3.20. The van der Waals surface area contributed by atoms with E-state index in [1.54, 1.807) is 6.08 Å². The zero-order chi connectivity index (χ0) is 12.5. The molecule has 4 nitrogen and oxygen atoms in total. The van der Waals surface area contributed by atoms with E-state index in [9.17, 15) is 5.11 Å². The third-order valence-corrected chi connectivity index (χ3v) is 3.90. The number of para-hydroxylation sites is 1. The van der Waals surface area contributed by atoms with Gasteiger partial charge in [0.25, 0.3) is 0 Å². The summed E-state index contributed by atoms with van der Waals surface area (Å²) in [5, 5.41) is 9.80. The van der Waals surface area contributed by atoms with E-state index in [2.05, 4.69) is 0 Å². The average Bonchev–Trinajstić information content (AvgIpc) is 3.17. The van der Waals surface area contributed by atoms with E-state index in [0.29, 0.717) is 5.75 Å². The second-order valence-corrected chi connectivity index (χ2v) is 5.26. The standard InChI is InChI=1S/C13H14O4S/c1-8-10(14)7-11(13-12(8)15-13)18-17-16-9-5-3-2-4-6-9/h2-8,10,12-14H,1H3/t8-,10-,12-,13+/m1/s1. The zero-order valence-electron chi connectivity index (χ0n) is 9.85. The topological polar surface area (TPSA) is 51.2 Å². The summed E-state index contributed by atoms with van der Waals surface area (Å²) in [5.74, 6) is 0.790. The van der Waals surface area contributed by atoms with Crippen LogP contribution in [0.2, 0.25) is 0 Å². The number of hydrogen-bond acceptors (Lipinski definition) is 5. The first-order valence-electron chi connectivity index (χ1n) is 5.87. The van der Waals surface area contributed by atoms with Crippen LogP contribution in [-0.2, 0) is 9.07 Å². The van der Waals surface area contributed by atoms with Crippen molar-refractivity contribution < 1.29 is 19.1 Å². The molecule has 1 heterocycles. The number of rotatable bonds is 4. The normalized spacial score (nSPS) is 33.6. The molecule has 0 unspecified atom stereocenters. The van der Waals surface area contributed by atoms with E-state index in [-0.39, 0.29) is 18.1 Å². The van der Waals surface area contributed by atoms with Gasteiger partial charge in [0.15, 0.2) is 5.75 Å². The fourth-order valence-corrected chi connectivity index (χ4v) is 2.68. The smallest absolute Gasteiger partial charge is 0.166 e. The highest BCUT2D eigenvalue weighted by Gasteiger charge is 2.51. The molecule has 18 heavy (non-hydrogen) atoms. The van der Waals surface area contributed by atoms with E-state index < -0.39 is 6.10 Å². The minimum absolute atomic E-state index is 0.0628. The van der Waals surface area contributed by atoms with Crippen molar-refractivity contribution >= 4 is 12.0 Å². The quantitative estimate of drug-likeness (QED) is 0.392. The van der Waals surface area contributed by atoms with Gasteiger partial charge >= 0.3 is 0 Å². The Kier molecular flexibility index (Phi) is 3.30. The molecule has 1 aliphatic carbocycles. The molecule has 1 fully saturated rings. The average molecular weight is 266 g/mol. The van der Waals surface area contributed by atoms with Crippen molar-refractivity contribution in [1.29, 1.82) is 0 Å². The van der Waals surface area contributed by atoms with Crippen molar-refractivity contribution in [3.63, 3.8) is 0 Å². The van der Waals surface area contributed by atoms with Crippen LogP contribution in [0.25, 0.3) is 0 Å². The summed E-state index contributed by atoms with van der Waals surface area (Å²) in [6.07, 6.45) is 1.48. The van der Waals surface area contributed by atoms with Gasteiger partial charge in [-0.3, -0.25) is 0 Å². The molecule has 0 spiro atoms. The largest absolute Gasteiger partial charge is 0.389 e. The van der Waals surface area contributed by atoms with Crippen LogP contribution < -0.4 is 4.89 Å². The highest BCUT2D eigenvalue weighted by Crippen LogP contribution is 2.45. The van der Waals surface area contributed by atoms with Crippen molar-refractivity contribution in [3.05, 3.63) is 41.3 Å². The Morgan fingerprint density at radius 2 is 2.06 bits per heavy atom. The Labute approximate surface area is 110 Å². The summed E-state index contributed by atoms with van der Waals surface area (Å²) < 4.78 is 10.6. The van der Waals surface area contributed by atoms with Crippen LogP contribution in [0.15, 0.2) is 41.3 Å². The van der Waals surface area contributed by atoms with Gasteiger partial charge in [-0.05, 0) is 18.2 Å². The van der Waals surface area contributed by atoms with E-state index in [1.165, 1.54) is 0 Å². The van der Waals surface area contributed by atoms with Crippen molar-refractivity contribution in [2.24, 2.45) is 5.92 Å². The molecular weight excluding hydrogens is 252 g/mol. The van der Waals surface area contributed by atoms with E-state index >= 15 is 0 Å². The van der Waals surface area contributed by atoms with Gasteiger partial charge in [-0.25, -0.2) is 0 Å². The highest BCUT2D eigenvalue weighted by molar-refractivity contribution is 7.98. The number of epoxide rings is 1. The number of aliphatic hydroxyl groups excluding tert-OH is 1. The maximum Gasteiger partial charge on any atom is 0.166 e. The van der Waals surface area contributed by atoms with Crippen molar-refractivity contribution in [2.45, 2.75) is 25.2 Å². The van der Waals surface area contributed by atoms with Crippen molar-refractivity contribution in [1.82, 2.24) is 0 Å². The predicted molar refractivity (Wildman–Crippen MR) is 67.7 cm³/mol. The van der Waals surface area contributed by atoms with E-state index in [1.807, 2.05) is 37.3 Å². The summed E-state index contributed by atoms with van der Waals surface area (Å²) in [4.78, 5) is 6.00. The number of fused-ring (bicyclic) bond motifs is 1. The first-order chi connectivity index (χ1) is 8.75. The fourth-order valence-electron chi connectivity index (χ4n) is 2.01. The molecule has 1 N–H and O–H groups in total.